The predicted molar refractivity (Wildman–Crippen MR) is 149 cm³/mol. The van der Waals surface area contributed by atoms with E-state index in [0.717, 1.165) is 10.4 Å². The van der Waals surface area contributed by atoms with Crippen molar-refractivity contribution in [2.75, 3.05) is 13.1 Å². The summed E-state index contributed by atoms with van der Waals surface area (Å²) in [7, 11) is -4.51. The minimum Gasteiger partial charge on any atom is -0.291 e. The molecule has 1 aliphatic carbocycles. The summed E-state index contributed by atoms with van der Waals surface area (Å²) >= 11 is 0. The molecule has 0 saturated carbocycles. The van der Waals surface area contributed by atoms with Gasteiger partial charge in [0.05, 0.1) is 27.8 Å². The number of allylic oxidation sites excluding steroid dienone is 5. The summed E-state index contributed by atoms with van der Waals surface area (Å²) in [4.78, 5) is 17.7. The molecule has 43 heavy (non-hydrogen) atoms. The van der Waals surface area contributed by atoms with Crippen LogP contribution in [0.4, 0.5) is 22.0 Å². The number of carbonyl (C=O) groups is 1. The summed E-state index contributed by atoms with van der Waals surface area (Å²) in [5.74, 6) is -2.70. The van der Waals surface area contributed by atoms with Crippen molar-refractivity contribution in [3.05, 3.63) is 113 Å². The molecule has 2 aliphatic rings. The molecule has 1 aliphatic heterocycles. The number of ketones is 1. The number of piperidine rings is 1. The number of Topliss-reactive ketones (excluding diaryl/α,β-unsaturated/α-hetero) is 1. The molecule has 3 heterocycles. The Hall–Kier alpha value is -4.23. The highest BCUT2D eigenvalue weighted by atomic mass is 32.2. The molecule has 1 atom stereocenters. The maximum atomic E-state index is 14.4. The Morgan fingerprint density at radius 3 is 2.58 bits per heavy atom. The van der Waals surface area contributed by atoms with Gasteiger partial charge < -0.3 is 0 Å². The lowest BCUT2D eigenvalue weighted by Crippen LogP contribution is -2.53. The number of alkyl halides is 3. The van der Waals surface area contributed by atoms with Crippen LogP contribution in [-0.4, -0.2) is 46.4 Å². The third-order valence-electron chi connectivity index (χ3n) is 7.61. The van der Waals surface area contributed by atoms with E-state index < -0.39 is 49.5 Å². The van der Waals surface area contributed by atoms with Crippen LogP contribution in [0.25, 0.3) is 11.8 Å². The van der Waals surface area contributed by atoms with E-state index in [1.54, 1.807) is 36.0 Å². The van der Waals surface area contributed by atoms with E-state index >= 15 is 0 Å². The zero-order valence-corrected chi connectivity index (χ0v) is 23.6. The summed E-state index contributed by atoms with van der Waals surface area (Å²) in [5, 5.41) is 4.41. The Balaban J connectivity index is 1.57. The fraction of sp³-hybridized carbons (Fsp3) is 0.233. The lowest BCUT2D eigenvalue weighted by molar-refractivity contribution is -0.140. The van der Waals surface area contributed by atoms with Crippen molar-refractivity contribution in [3.8, 4) is 0 Å². The molecule has 1 fully saturated rings. The fourth-order valence-corrected chi connectivity index (χ4v) is 6.93. The van der Waals surface area contributed by atoms with Crippen LogP contribution in [0.2, 0.25) is 0 Å². The summed E-state index contributed by atoms with van der Waals surface area (Å²) in [5.41, 5.74) is -0.454. The van der Waals surface area contributed by atoms with Gasteiger partial charge in [-0.2, -0.15) is 22.6 Å². The van der Waals surface area contributed by atoms with Gasteiger partial charge in [0.25, 0.3) is 0 Å². The molecule has 0 N–H and O–H groups in total. The molecule has 7 nitrogen and oxygen atoms in total. The van der Waals surface area contributed by atoms with Crippen molar-refractivity contribution < 1.29 is 35.2 Å². The number of halogens is 5. The SMILES string of the molecule is C=C/C(F)=C\C=C(/C)n1ncc2c1C=C1CCN(S(=O)(=O)c3ccc(C(F)(F)F)c(F)c3)C[C@@]1(C(=O)c1ccccn1)C2. The van der Waals surface area contributed by atoms with Gasteiger partial charge in [0.2, 0.25) is 10.0 Å². The minimum absolute atomic E-state index is 0.0428. The maximum absolute atomic E-state index is 14.4. The number of fused-ring (bicyclic) bond motifs is 2. The molecule has 0 amide bonds. The molecule has 224 valence electrons. The molecule has 0 unspecified atom stereocenters. The Morgan fingerprint density at radius 2 is 1.93 bits per heavy atom. The third kappa shape index (κ3) is 5.50. The molecule has 3 aromatic rings. The van der Waals surface area contributed by atoms with Gasteiger partial charge in [-0.15, -0.1) is 0 Å². The molecule has 5 rings (SSSR count). The average Bonchev–Trinajstić information content (AvgIpc) is 3.39. The highest BCUT2D eigenvalue weighted by Gasteiger charge is 2.51. The van der Waals surface area contributed by atoms with Crippen molar-refractivity contribution in [2.45, 2.75) is 30.8 Å². The number of hydrogen-bond donors (Lipinski definition) is 0. The lowest BCUT2D eigenvalue weighted by Gasteiger charge is -2.44. The van der Waals surface area contributed by atoms with Gasteiger partial charge in [0.1, 0.15) is 17.3 Å². The normalized spacial score (nSPS) is 19.8. The second-order valence-corrected chi connectivity index (χ2v) is 12.2. The number of sulfonamides is 1. The monoisotopic (exact) mass is 616 g/mol. The fourth-order valence-electron chi connectivity index (χ4n) is 5.42. The number of benzene rings is 1. The molecule has 13 heteroatoms. The largest absolute Gasteiger partial charge is 0.419 e. The average molecular weight is 617 g/mol. The van der Waals surface area contributed by atoms with Gasteiger partial charge in [0, 0.05) is 25.0 Å². The van der Waals surface area contributed by atoms with Gasteiger partial charge in [-0.1, -0.05) is 18.2 Å². The number of nitrogens with zero attached hydrogens (tertiary/aromatic N) is 4. The van der Waals surface area contributed by atoms with Crippen LogP contribution in [0.3, 0.4) is 0 Å². The van der Waals surface area contributed by atoms with Crippen LogP contribution in [0.5, 0.6) is 0 Å². The van der Waals surface area contributed by atoms with Crippen LogP contribution >= 0.6 is 0 Å². The highest BCUT2D eigenvalue weighted by Crippen LogP contribution is 2.47. The summed E-state index contributed by atoms with van der Waals surface area (Å²) < 4.78 is 97.2. The van der Waals surface area contributed by atoms with Crippen molar-refractivity contribution in [3.63, 3.8) is 0 Å². The first kappa shape index (κ1) is 30.2. The molecule has 2 aromatic heterocycles. The molecular formula is C30H25F5N4O3S. The van der Waals surface area contributed by atoms with Crippen molar-refractivity contribution in [1.29, 1.82) is 0 Å². The number of rotatable bonds is 7. The first-order valence-corrected chi connectivity index (χ1v) is 14.5. The minimum atomic E-state index is -5.00. The Labute approximate surface area is 244 Å². The van der Waals surface area contributed by atoms with E-state index in [1.165, 1.54) is 24.4 Å². The summed E-state index contributed by atoms with van der Waals surface area (Å²) in [6.07, 6.45) is 3.69. The summed E-state index contributed by atoms with van der Waals surface area (Å²) in [6.45, 7) is 4.63. The van der Waals surface area contributed by atoms with E-state index in [2.05, 4.69) is 16.7 Å². The van der Waals surface area contributed by atoms with Crippen LogP contribution < -0.4 is 0 Å². The summed E-state index contributed by atoms with van der Waals surface area (Å²) in [6, 6.07) is 6.21. The molecule has 0 radical (unpaired) electrons. The maximum Gasteiger partial charge on any atom is 0.419 e. The lowest BCUT2D eigenvalue weighted by atomic mass is 9.65. The van der Waals surface area contributed by atoms with Crippen LogP contribution in [0.15, 0.2) is 89.9 Å². The molecule has 1 aromatic carbocycles. The first-order chi connectivity index (χ1) is 20.3. The Bertz CT molecular complexity index is 1810. The van der Waals surface area contributed by atoms with Crippen LogP contribution in [-0.2, 0) is 22.6 Å². The predicted octanol–water partition coefficient (Wildman–Crippen LogP) is 6.24. The smallest absolute Gasteiger partial charge is 0.291 e. The van der Waals surface area contributed by atoms with Crippen molar-refractivity contribution in [1.82, 2.24) is 19.1 Å². The van der Waals surface area contributed by atoms with E-state index in [4.69, 9.17) is 0 Å². The zero-order valence-electron chi connectivity index (χ0n) is 22.8. The van der Waals surface area contributed by atoms with E-state index in [9.17, 15) is 35.2 Å². The quantitative estimate of drug-likeness (QED) is 0.178. The topological polar surface area (TPSA) is 85.2 Å². The van der Waals surface area contributed by atoms with Gasteiger partial charge >= 0.3 is 6.18 Å². The van der Waals surface area contributed by atoms with Gasteiger partial charge in [-0.3, -0.25) is 9.78 Å². The number of pyridine rings is 1. The van der Waals surface area contributed by atoms with Crippen LogP contribution in [0, 0.1) is 11.2 Å². The second kappa shape index (κ2) is 11.1. The number of carbonyl (C=O) groups excluding carboxylic acids is 1. The third-order valence-corrected chi connectivity index (χ3v) is 9.45. The van der Waals surface area contributed by atoms with Gasteiger partial charge in [-0.25, -0.2) is 21.9 Å². The first-order valence-electron chi connectivity index (χ1n) is 13.1. The molecule has 0 bridgehead atoms. The number of hydrogen-bond acceptors (Lipinski definition) is 5. The second-order valence-electron chi connectivity index (χ2n) is 10.2. The van der Waals surface area contributed by atoms with Gasteiger partial charge in [-0.05, 0) is 80.0 Å². The van der Waals surface area contributed by atoms with E-state index in [0.29, 0.717) is 40.7 Å². The van der Waals surface area contributed by atoms with E-state index in [1.807, 2.05) is 0 Å². The molecule has 0 spiro atoms. The van der Waals surface area contributed by atoms with Gasteiger partial charge in [0.15, 0.2) is 5.78 Å². The molecule has 1 saturated heterocycles. The van der Waals surface area contributed by atoms with Crippen molar-refractivity contribution in [2.24, 2.45) is 5.41 Å². The highest BCUT2D eigenvalue weighted by molar-refractivity contribution is 7.89. The standard InChI is InChI=1S/C30H25F5N4O3S/c1-3-22(31)8-7-19(2)39-27-14-21-11-13-38(43(41,42)23-9-10-24(25(32)15-23)30(33,34)35)18-29(21,16-20(27)17-37-39)28(40)26-6-4-5-12-36-26/h3-10,12,14-15,17H,1,11,13,16,18H2,2H3/b19-7+,22-8+/t29-/m0/s1. The van der Waals surface area contributed by atoms with E-state index in [-0.39, 0.29) is 31.6 Å². The number of aromatic nitrogens is 3. The Kier molecular flexibility index (Phi) is 7.82. The van der Waals surface area contributed by atoms with Crippen molar-refractivity contribution >= 4 is 27.6 Å². The molecular weight excluding hydrogens is 591 g/mol. The zero-order chi connectivity index (χ0) is 31.2. The Morgan fingerprint density at radius 1 is 1.16 bits per heavy atom. The van der Waals surface area contributed by atoms with Crippen LogP contribution in [0.1, 0.15) is 40.7 Å².